The van der Waals surface area contributed by atoms with Gasteiger partial charge in [0, 0.05) is 51.0 Å². The minimum Gasteiger partial charge on any atom is -0.465 e. The number of nitrogens with one attached hydrogen (secondary N) is 3. The zero-order chi connectivity index (χ0) is 45.8. The fraction of sp³-hybridized carbons (Fsp3) is 0.370. The third-order valence-corrected chi connectivity index (χ3v) is 11.3. The molecule has 4 aromatic carbocycles. The zero-order valence-corrected chi connectivity index (χ0v) is 38.7. The lowest BCUT2D eigenvalue weighted by atomic mass is 10.1. The summed E-state index contributed by atoms with van der Waals surface area (Å²) in [6, 6.07) is 23.4. The lowest BCUT2D eigenvalue weighted by Crippen LogP contribution is -2.44. The van der Waals surface area contributed by atoms with E-state index in [-0.39, 0.29) is 52.0 Å². The van der Waals surface area contributed by atoms with E-state index in [4.69, 9.17) is 31.1 Å². The van der Waals surface area contributed by atoms with E-state index in [0.717, 1.165) is 41.7 Å². The van der Waals surface area contributed by atoms with Crippen LogP contribution >= 0.6 is 11.6 Å². The molecule has 0 saturated heterocycles. The van der Waals surface area contributed by atoms with E-state index in [1.165, 1.54) is 4.68 Å². The highest BCUT2D eigenvalue weighted by Crippen LogP contribution is 2.29. The number of hydrogen-bond donors (Lipinski definition) is 3. The minimum atomic E-state index is -3.36. The van der Waals surface area contributed by atoms with Crippen molar-refractivity contribution in [3.63, 3.8) is 0 Å². The SMILES string of the molecule is CCCCC(OCNc1ccc(Cl)c(NC(=O)C(=Nc2ccc(N(CC)CCNS(C)(=O)=O)cc2C)c2nc3c(C#N)cccc3c(=O)n2N(C)CC)c1)Oc1ccc(C)cc1C. The van der Waals surface area contributed by atoms with E-state index in [9.17, 15) is 23.3 Å². The largest absolute Gasteiger partial charge is 0.465 e. The zero-order valence-electron chi connectivity index (χ0n) is 37.1. The number of hydrogen-bond acceptors (Lipinski definition) is 12. The number of aromatic nitrogens is 2. The molecular weight excluding hydrogens is 842 g/mol. The Kier molecular flexibility index (Phi) is 16.7. The molecule has 5 rings (SSSR count). The molecule has 0 saturated carbocycles. The normalized spacial score (nSPS) is 12.2. The number of likely N-dealkylation sites (N-methyl/N-ethyl adjacent to an activating group) is 1. The van der Waals surface area contributed by atoms with Crippen molar-refractivity contribution >= 4 is 66.9 Å². The number of benzene rings is 4. The molecule has 0 aliphatic carbocycles. The number of rotatable bonds is 21. The molecule has 1 aromatic heterocycles. The number of para-hydroxylation sites is 1. The lowest BCUT2D eigenvalue weighted by Gasteiger charge is -2.25. The van der Waals surface area contributed by atoms with Crippen LogP contribution in [-0.2, 0) is 19.6 Å². The first-order chi connectivity index (χ1) is 30.1. The molecule has 17 heteroatoms. The van der Waals surface area contributed by atoms with E-state index in [0.29, 0.717) is 43.0 Å². The Morgan fingerprint density at radius 1 is 1.02 bits per heavy atom. The van der Waals surface area contributed by atoms with Crippen molar-refractivity contribution in [2.75, 3.05) is 66.8 Å². The van der Waals surface area contributed by atoms with Crippen LogP contribution in [0.5, 0.6) is 5.75 Å². The summed E-state index contributed by atoms with van der Waals surface area (Å²) in [7, 11) is -1.67. The second-order valence-corrected chi connectivity index (χ2v) is 17.4. The van der Waals surface area contributed by atoms with Crippen molar-refractivity contribution < 1.29 is 22.7 Å². The summed E-state index contributed by atoms with van der Waals surface area (Å²) < 4.78 is 39.6. The van der Waals surface area contributed by atoms with Gasteiger partial charge in [-0.2, -0.15) is 5.26 Å². The van der Waals surface area contributed by atoms with Crippen molar-refractivity contribution in [2.24, 2.45) is 4.99 Å². The number of nitriles is 1. The smallest absolute Gasteiger partial charge is 0.280 e. The lowest BCUT2D eigenvalue weighted by molar-refractivity contribution is -0.110. The number of fused-ring (bicyclic) bond motifs is 1. The quantitative estimate of drug-likeness (QED) is 0.0489. The van der Waals surface area contributed by atoms with Gasteiger partial charge in [0.2, 0.25) is 16.3 Å². The summed E-state index contributed by atoms with van der Waals surface area (Å²) in [4.78, 5) is 40.7. The molecule has 0 aliphatic rings. The van der Waals surface area contributed by atoms with Gasteiger partial charge in [-0.3, -0.25) is 9.59 Å². The number of sulfonamides is 1. The number of aliphatic imine (C=N–C) groups is 1. The molecule has 15 nitrogen and oxygen atoms in total. The molecule has 1 heterocycles. The molecule has 1 amide bonds. The molecule has 1 unspecified atom stereocenters. The van der Waals surface area contributed by atoms with E-state index in [1.807, 2.05) is 63.8 Å². The topological polar surface area (TPSA) is 183 Å². The number of ether oxygens (including phenoxy) is 2. The van der Waals surface area contributed by atoms with Gasteiger partial charge in [0.05, 0.1) is 39.1 Å². The van der Waals surface area contributed by atoms with Gasteiger partial charge >= 0.3 is 0 Å². The Hall–Kier alpha value is -5.99. The molecule has 0 bridgehead atoms. The van der Waals surface area contributed by atoms with Crippen LogP contribution in [0.1, 0.15) is 68.1 Å². The van der Waals surface area contributed by atoms with Crippen LogP contribution in [0, 0.1) is 32.1 Å². The molecular formula is C46H56ClN9O6S. The summed E-state index contributed by atoms with van der Waals surface area (Å²) in [6.45, 7) is 13.5. The summed E-state index contributed by atoms with van der Waals surface area (Å²) in [5.41, 5.74) is 4.47. The summed E-state index contributed by atoms with van der Waals surface area (Å²) >= 11 is 6.71. The average molecular weight is 899 g/mol. The molecule has 3 N–H and O–H groups in total. The first-order valence-electron chi connectivity index (χ1n) is 20.8. The van der Waals surface area contributed by atoms with Crippen LogP contribution in [-0.4, -0.2) is 82.2 Å². The maximum Gasteiger partial charge on any atom is 0.280 e. The van der Waals surface area contributed by atoms with Crippen molar-refractivity contribution in [1.29, 1.82) is 5.26 Å². The third-order valence-electron chi connectivity index (χ3n) is 10.3. The Morgan fingerprint density at radius 3 is 2.46 bits per heavy atom. The summed E-state index contributed by atoms with van der Waals surface area (Å²) in [5, 5.41) is 18.2. The molecule has 0 aliphatic heterocycles. The molecule has 0 radical (unpaired) electrons. The first-order valence-corrected chi connectivity index (χ1v) is 23.1. The molecule has 0 fully saturated rings. The predicted molar refractivity (Wildman–Crippen MR) is 253 cm³/mol. The highest BCUT2D eigenvalue weighted by Gasteiger charge is 2.26. The molecule has 0 spiro atoms. The fourth-order valence-electron chi connectivity index (χ4n) is 6.77. The molecule has 1 atom stereocenters. The van der Waals surface area contributed by atoms with Gasteiger partial charge < -0.3 is 30.0 Å². The van der Waals surface area contributed by atoms with Crippen LogP contribution in [0.25, 0.3) is 10.9 Å². The number of amides is 1. The van der Waals surface area contributed by atoms with Crippen LogP contribution in [0.4, 0.5) is 22.7 Å². The highest BCUT2D eigenvalue weighted by atomic mass is 35.5. The number of unbranched alkanes of at least 4 members (excludes halogenated alkanes) is 1. The fourth-order valence-corrected chi connectivity index (χ4v) is 7.40. The van der Waals surface area contributed by atoms with E-state index >= 15 is 0 Å². The third kappa shape index (κ3) is 12.6. The van der Waals surface area contributed by atoms with Crippen molar-refractivity contribution in [2.45, 2.75) is 67.1 Å². The van der Waals surface area contributed by atoms with E-state index in [1.54, 1.807) is 54.5 Å². The van der Waals surface area contributed by atoms with Gasteiger partial charge in [0.15, 0.2) is 11.5 Å². The average Bonchev–Trinajstić information content (AvgIpc) is 3.24. The monoisotopic (exact) mass is 897 g/mol. The Bertz CT molecular complexity index is 2680. The summed E-state index contributed by atoms with van der Waals surface area (Å²) in [6.07, 6.45) is 3.19. The van der Waals surface area contributed by atoms with Crippen LogP contribution < -0.4 is 35.6 Å². The number of carbonyl (C=O) groups excluding carboxylic acids is 1. The van der Waals surface area contributed by atoms with Crippen molar-refractivity contribution in [3.8, 4) is 11.8 Å². The van der Waals surface area contributed by atoms with Crippen LogP contribution in [0.3, 0.4) is 0 Å². The maximum atomic E-state index is 14.7. The number of aryl methyl sites for hydroxylation is 3. The predicted octanol–water partition coefficient (Wildman–Crippen LogP) is 7.55. The Morgan fingerprint density at radius 2 is 1.79 bits per heavy atom. The van der Waals surface area contributed by atoms with Gasteiger partial charge in [0.1, 0.15) is 18.5 Å². The number of nitrogens with zero attached hydrogens (tertiary/aromatic N) is 6. The van der Waals surface area contributed by atoms with Crippen LogP contribution in [0.15, 0.2) is 82.6 Å². The van der Waals surface area contributed by atoms with Crippen molar-refractivity contribution in [3.05, 3.63) is 116 Å². The van der Waals surface area contributed by atoms with Gasteiger partial charge in [-0.05, 0) is 107 Å². The first kappa shape index (κ1) is 48.0. The van der Waals surface area contributed by atoms with Crippen molar-refractivity contribution in [1.82, 2.24) is 14.4 Å². The second kappa shape index (κ2) is 21.9. The minimum absolute atomic E-state index is 0.0942. The van der Waals surface area contributed by atoms with E-state index < -0.39 is 27.8 Å². The number of carbonyl (C=O) groups is 1. The second-order valence-electron chi connectivity index (χ2n) is 15.1. The van der Waals surface area contributed by atoms with Gasteiger partial charge in [0.25, 0.3) is 11.5 Å². The molecule has 5 aromatic rings. The molecule has 63 heavy (non-hydrogen) atoms. The number of halogens is 1. The standard InChI is InChI=1S/C46H56ClN9O6S/c1-9-12-16-41(62-40-22-17-30(4)25-32(40)6)61-29-49-34-18-20-37(47)39(27-34)52-45(57)43(44-53-42-33(28-48)14-13-15-36(42)46(58)56(44)54(7)10-2)51-38-21-19-35(26-31(38)5)55(11-3)24-23-50-63(8,59)60/h13-15,17-22,25-27,41,49-50H,9-12,16,23-24,29H2,1-8H3,(H,52,57). The van der Waals surface area contributed by atoms with Gasteiger partial charge in [-0.1, -0.05) is 48.7 Å². The number of anilines is 3. The Labute approximate surface area is 374 Å². The maximum absolute atomic E-state index is 14.7. The van der Waals surface area contributed by atoms with Gasteiger partial charge in [-0.15, -0.1) is 0 Å². The van der Waals surface area contributed by atoms with E-state index in [2.05, 4.69) is 34.4 Å². The van der Waals surface area contributed by atoms with Gasteiger partial charge in [-0.25, -0.2) is 27.8 Å². The van der Waals surface area contributed by atoms with Crippen LogP contribution in [0.2, 0.25) is 5.02 Å². The Balaban J connectivity index is 1.52. The molecule has 334 valence electrons. The highest BCUT2D eigenvalue weighted by molar-refractivity contribution is 7.88. The summed E-state index contributed by atoms with van der Waals surface area (Å²) in [5.74, 6) is -0.0657.